The highest BCUT2D eigenvalue weighted by atomic mass is 16.5. The number of carboxylic acid groups (broad SMARTS) is 1. The van der Waals surface area contributed by atoms with E-state index in [0.29, 0.717) is 26.2 Å². The molecular formula is C12H19N3O5. The van der Waals surface area contributed by atoms with Crippen LogP contribution >= 0.6 is 0 Å². The second-order valence-corrected chi connectivity index (χ2v) is 4.92. The van der Waals surface area contributed by atoms with Crippen LogP contribution in [0.15, 0.2) is 0 Å². The van der Waals surface area contributed by atoms with Crippen LogP contribution in [0.4, 0.5) is 4.79 Å². The van der Waals surface area contributed by atoms with E-state index in [4.69, 9.17) is 9.84 Å². The molecule has 3 N–H and O–H groups in total. The number of hydrogen-bond acceptors (Lipinski definition) is 4. The zero-order chi connectivity index (χ0) is 14.5. The van der Waals surface area contributed by atoms with E-state index >= 15 is 0 Å². The average Bonchev–Trinajstić information content (AvgIpc) is 2.91. The lowest BCUT2D eigenvalue weighted by Crippen LogP contribution is -2.60. The minimum atomic E-state index is -1.11. The monoisotopic (exact) mass is 285 g/mol. The third-order valence-electron chi connectivity index (χ3n) is 3.46. The fourth-order valence-corrected chi connectivity index (χ4v) is 2.43. The zero-order valence-electron chi connectivity index (χ0n) is 11.1. The topological polar surface area (TPSA) is 108 Å². The van der Waals surface area contributed by atoms with Gasteiger partial charge in [0.05, 0.1) is 12.5 Å². The van der Waals surface area contributed by atoms with Crippen molar-refractivity contribution in [3.05, 3.63) is 0 Å². The van der Waals surface area contributed by atoms with Crippen molar-refractivity contribution in [2.24, 2.45) is 0 Å². The summed E-state index contributed by atoms with van der Waals surface area (Å²) in [5.74, 6) is -1.53. The predicted octanol–water partition coefficient (Wildman–Crippen LogP) is -0.850. The maximum atomic E-state index is 12.1. The first-order valence-corrected chi connectivity index (χ1v) is 6.73. The lowest BCUT2D eigenvalue weighted by Gasteiger charge is -2.34. The summed E-state index contributed by atoms with van der Waals surface area (Å²) >= 11 is 0. The molecule has 8 heteroatoms. The van der Waals surface area contributed by atoms with Gasteiger partial charge in [0.1, 0.15) is 6.04 Å². The minimum Gasteiger partial charge on any atom is -0.481 e. The van der Waals surface area contributed by atoms with Crippen molar-refractivity contribution in [2.45, 2.75) is 31.4 Å². The molecule has 0 bridgehead atoms. The molecule has 3 amide bonds. The maximum absolute atomic E-state index is 12.1. The Morgan fingerprint density at radius 2 is 2.30 bits per heavy atom. The predicted molar refractivity (Wildman–Crippen MR) is 68.1 cm³/mol. The Balaban J connectivity index is 1.90. The van der Waals surface area contributed by atoms with Crippen LogP contribution in [-0.4, -0.2) is 66.3 Å². The van der Waals surface area contributed by atoms with E-state index in [2.05, 4.69) is 10.6 Å². The first kappa shape index (κ1) is 14.6. The number of carboxylic acids is 1. The largest absolute Gasteiger partial charge is 0.481 e. The number of carbonyl (C=O) groups is 3. The van der Waals surface area contributed by atoms with Crippen molar-refractivity contribution in [2.75, 3.05) is 26.2 Å². The summed E-state index contributed by atoms with van der Waals surface area (Å²) in [6.07, 6.45) is 1.50. The summed E-state index contributed by atoms with van der Waals surface area (Å²) in [6, 6.07) is -1.37. The summed E-state index contributed by atoms with van der Waals surface area (Å²) in [7, 11) is 0. The van der Waals surface area contributed by atoms with Gasteiger partial charge >= 0.3 is 12.0 Å². The summed E-state index contributed by atoms with van der Waals surface area (Å²) in [6.45, 7) is 1.73. The molecule has 0 aromatic rings. The van der Waals surface area contributed by atoms with Crippen molar-refractivity contribution >= 4 is 17.9 Å². The van der Waals surface area contributed by atoms with Gasteiger partial charge < -0.3 is 25.4 Å². The standard InChI is InChI=1S/C12H19N3O5/c16-10(17)6-9-11(18)13-3-4-15(9)12(19)14-7-8-2-1-5-20-8/h8-9H,1-7H2,(H,13,18)(H,14,19)(H,16,17). The number of ether oxygens (including phenoxy) is 1. The summed E-state index contributed by atoms with van der Waals surface area (Å²) in [5.41, 5.74) is 0. The van der Waals surface area contributed by atoms with Crippen LogP contribution in [0.1, 0.15) is 19.3 Å². The van der Waals surface area contributed by atoms with Crippen LogP contribution < -0.4 is 10.6 Å². The maximum Gasteiger partial charge on any atom is 0.318 e. The highest BCUT2D eigenvalue weighted by Crippen LogP contribution is 2.12. The van der Waals surface area contributed by atoms with E-state index in [0.717, 1.165) is 12.8 Å². The van der Waals surface area contributed by atoms with Gasteiger partial charge in [0.25, 0.3) is 0 Å². The van der Waals surface area contributed by atoms with Crippen molar-refractivity contribution in [1.29, 1.82) is 0 Å². The normalized spacial score (nSPS) is 26.2. The SMILES string of the molecule is O=C(O)CC1C(=O)NCCN1C(=O)NCC1CCCO1. The lowest BCUT2D eigenvalue weighted by atomic mass is 10.1. The van der Waals surface area contributed by atoms with E-state index in [9.17, 15) is 14.4 Å². The van der Waals surface area contributed by atoms with E-state index in [1.807, 2.05) is 0 Å². The molecule has 2 rings (SSSR count). The van der Waals surface area contributed by atoms with Crippen LogP contribution in [0.2, 0.25) is 0 Å². The molecule has 112 valence electrons. The molecule has 0 saturated carbocycles. The average molecular weight is 285 g/mol. The first-order chi connectivity index (χ1) is 9.58. The third kappa shape index (κ3) is 3.60. The van der Waals surface area contributed by atoms with Gasteiger partial charge in [0.2, 0.25) is 5.91 Å². The second-order valence-electron chi connectivity index (χ2n) is 4.92. The lowest BCUT2D eigenvalue weighted by molar-refractivity contribution is -0.142. The van der Waals surface area contributed by atoms with Crippen LogP contribution in [0.5, 0.6) is 0 Å². The van der Waals surface area contributed by atoms with Crippen molar-refractivity contribution in [3.63, 3.8) is 0 Å². The molecule has 0 aliphatic carbocycles. The van der Waals surface area contributed by atoms with Gasteiger partial charge in [-0.15, -0.1) is 0 Å². The second kappa shape index (κ2) is 6.56. The van der Waals surface area contributed by atoms with Gasteiger partial charge in [-0.3, -0.25) is 9.59 Å². The third-order valence-corrected chi connectivity index (χ3v) is 3.46. The van der Waals surface area contributed by atoms with E-state index in [1.54, 1.807) is 0 Å². The molecule has 0 radical (unpaired) electrons. The van der Waals surface area contributed by atoms with Crippen molar-refractivity contribution in [1.82, 2.24) is 15.5 Å². The van der Waals surface area contributed by atoms with Gasteiger partial charge in [-0.25, -0.2) is 4.79 Å². The van der Waals surface area contributed by atoms with Crippen LogP contribution in [0.3, 0.4) is 0 Å². The quantitative estimate of drug-likeness (QED) is 0.623. The molecule has 20 heavy (non-hydrogen) atoms. The Morgan fingerprint density at radius 1 is 1.50 bits per heavy atom. The highest BCUT2D eigenvalue weighted by Gasteiger charge is 2.34. The van der Waals surface area contributed by atoms with Gasteiger partial charge in [-0.2, -0.15) is 0 Å². The number of amides is 3. The Labute approximate surface area is 116 Å². The Hall–Kier alpha value is -1.83. The molecule has 2 atom stereocenters. The molecular weight excluding hydrogens is 266 g/mol. The minimum absolute atomic E-state index is 0.00971. The van der Waals surface area contributed by atoms with Crippen LogP contribution in [-0.2, 0) is 14.3 Å². The van der Waals surface area contributed by atoms with Crippen molar-refractivity contribution in [3.8, 4) is 0 Å². The number of piperazine rings is 1. The fraction of sp³-hybridized carbons (Fsp3) is 0.750. The molecule has 2 heterocycles. The molecule has 2 aliphatic heterocycles. The van der Waals surface area contributed by atoms with Gasteiger partial charge in [-0.05, 0) is 12.8 Å². The number of nitrogens with one attached hydrogen (secondary N) is 2. The zero-order valence-corrected chi connectivity index (χ0v) is 11.1. The van der Waals surface area contributed by atoms with Crippen LogP contribution in [0, 0.1) is 0 Å². The number of aliphatic carboxylic acids is 1. The van der Waals surface area contributed by atoms with E-state index < -0.39 is 23.9 Å². The summed E-state index contributed by atoms with van der Waals surface area (Å²) < 4.78 is 5.40. The smallest absolute Gasteiger partial charge is 0.318 e. The van der Waals surface area contributed by atoms with Gasteiger partial charge in [0, 0.05) is 26.2 Å². The summed E-state index contributed by atoms with van der Waals surface area (Å²) in [4.78, 5) is 35.8. The van der Waals surface area contributed by atoms with Gasteiger partial charge in [0.15, 0.2) is 0 Å². The number of urea groups is 1. The molecule has 0 spiro atoms. The molecule has 2 saturated heterocycles. The first-order valence-electron chi connectivity index (χ1n) is 6.73. The number of carbonyl (C=O) groups excluding carboxylic acids is 2. The molecule has 2 aliphatic rings. The fourth-order valence-electron chi connectivity index (χ4n) is 2.43. The highest BCUT2D eigenvalue weighted by molar-refractivity contribution is 5.91. The number of nitrogens with zero attached hydrogens (tertiary/aromatic N) is 1. The van der Waals surface area contributed by atoms with E-state index in [1.165, 1.54) is 4.90 Å². The van der Waals surface area contributed by atoms with Crippen LogP contribution in [0.25, 0.3) is 0 Å². The number of rotatable bonds is 4. The van der Waals surface area contributed by atoms with E-state index in [-0.39, 0.29) is 12.5 Å². The Morgan fingerprint density at radius 3 is 2.95 bits per heavy atom. The Bertz CT molecular complexity index is 395. The number of hydrogen-bond donors (Lipinski definition) is 3. The molecule has 8 nitrogen and oxygen atoms in total. The molecule has 0 aromatic carbocycles. The Kier molecular flexibility index (Phi) is 4.78. The summed E-state index contributed by atoms with van der Waals surface area (Å²) in [5, 5.41) is 14.1. The molecule has 0 aromatic heterocycles. The van der Waals surface area contributed by atoms with Crippen molar-refractivity contribution < 1.29 is 24.2 Å². The molecule has 2 unspecified atom stereocenters. The van der Waals surface area contributed by atoms with Gasteiger partial charge in [-0.1, -0.05) is 0 Å². The molecule has 2 fully saturated rings.